The van der Waals surface area contributed by atoms with Crippen LogP contribution in [0.1, 0.15) is 13.3 Å². The summed E-state index contributed by atoms with van der Waals surface area (Å²) in [6, 6.07) is 4.95. The molecule has 1 unspecified atom stereocenters. The lowest BCUT2D eigenvalue weighted by Gasteiger charge is -2.18. The molecule has 0 fully saturated rings. The van der Waals surface area contributed by atoms with Crippen molar-refractivity contribution >= 4 is 33.9 Å². The molecule has 1 N–H and O–H groups in total. The summed E-state index contributed by atoms with van der Waals surface area (Å²) >= 11 is 5.81. The largest absolute Gasteiger partial charge is 0.351 e. The van der Waals surface area contributed by atoms with E-state index in [4.69, 9.17) is 11.6 Å². The number of benzene rings is 1. The van der Waals surface area contributed by atoms with Gasteiger partial charge in [-0.2, -0.15) is 5.10 Å². The zero-order valence-electron chi connectivity index (χ0n) is 10.1. The third-order valence-electron chi connectivity index (χ3n) is 2.63. The Bertz CT molecular complexity index is 630. The van der Waals surface area contributed by atoms with E-state index < -0.39 is 16.1 Å². The molecule has 0 aliphatic carbocycles. The van der Waals surface area contributed by atoms with Crippen molar-refractivity contribution in [3.05, 3.63) is 29.3 Å². The van der Waals surface area contributed by atoms with Crippen LogP contribution in [0.3, 0.4) is 0 Å². The normalized spacial score (nSPS) is 18.6. The molecule has 0 bridgehead atoms. The summed E-state index contributed by atoms with van der Waals surface area (Å²) in [7, 11) is -4.00. The van der Waals surface area contributed by atoms with Crippen LogP contribution in [0.4, 0.5) is 4.79 Å². The maximum absolute atomic E-state index is 12.0. The number of urea groups is 1. The average molecular weight is 302 g/mol. The highest BCUT2D eigenvalue weighted by Gasteiger charge is 2.28. The highest BCUT2D eigenvalue weighted by atomic mass is 35.5. The first kappa shape index (κ1) is 13.8. The van der Waals surface area contributed by atoms with Gasteiger partial charge in [0.05, 0.1) is 11.1 Å². The Hall–Kier alpha value is -1.60. The van der Waals surface area contributed by atoms with Crippen LogP contribution in [0, 0.1) is 0 Å². The van der Waals surface area contributed by atoms with Crippen molar-refractivity contribution in [1.82, 2.24) is 9.73 Å². The number of hydrogen-bond donors (Lipinski definition) is 1. The third-order valence-corrected chi connectivity index (χ3v) is 4.45. The van der Waals surface area contributed by atoms with Gasteiger partial charge in [-0.15, -0.1) is 0 Å². The fraction of sp³-hybridized carbons (Fsp3) is 0.273. The summed E-state index contributed by atoms with van der Waals surface area (Å²) < 4.78 is 26.0. The van der Waals surface area contributed by atoms with Crippen LogP contribution in [0.2, 0.25) is 5.02 Å². The Morgan fingerprint density at radius 2 is 2.16 bits per heavy atom. The van der Waals surface area contributed by atoms with Gasteiger partial charge in [0.1, 0.15) is 4.90 Å². The molecule has 0 spiro atoms. The van der Waals surface area contributed by atoms with Crippen LogP contribution in [0.5, 0.6) is 0 Å². The highest BCUT2D eigenvalue weighted by molar-refractivity contribution is 7.90. The number of hydrazone groups is 1. The van der Waals surface area contributed by atoms with E-state index in [9.17, 15) is 13.2 Å². The Morgan fingerprint density at radius 1 is 1.47 bits per heavy atom. The van der Waals surface area contributed by atoms with Crippen molar-refractivity contribution < 1.29 is 13.2 Å². The van der Waals surface area contributed by atoms with Gasteiger partial charge >= 0.3 is 6.03 Å². The summed E-state index contributed by atoms with van der Waals surface area (Å²) in [4.78, 5) is 11.7. The van der Waals surface area contributed by atoms with Crippen LogP contribution in [-0.2, 0) is 10.0 Å². The van der Waals surface area contributed by atoms with Crippen molar-refractivity contribution in [2.24, 2.45) is 5.10 Å². The zero-order chi connectivity index (χ0) is 14.0. The Morgan fingerprint density at radius 3 is 2.74 bits per heavy atom. The number of sulfonamides is 1. The Labute approximate surface area is 116 Å². The smallest absolute Gasteiger partial charge is 0.246 e. The van der Waals surface area contributed by atoms with Crippen molar-refractivity contribution in [1.29, 1.82) is 0 Å². The molecule has 1 aliphatic heterocycles. The number of carbonyl (C=O) groups is 1. The molecule has 1 aromatic carbocycles. The maximum Gasteiger partial charge on any atom is 0.351 e. The van der Waals surface area contributed by atoms with Crippen molar-refractivity contribution in [3.63, 3.8) is 0 Å². The molecule has 0 saturated heterocycles. The van der Waals surface area contributed by atoms with Gasteiger partial charge in [0.15, 0.2) is 0 Å². The second kappa shape index (κ2) is 5.18. The van der Waals surface area contributed by atoms with E-state index in [2.05, 4.69) is 5.10 Å². The topological polar surface area (TPSA) is 78.8 Å². The molecule has 1 heterocycles. The van der Waals surface area contributed by atoms with E-state index in [0.717, 1.165) is 5.01 Å². The van der Waals surface area contributed by atoms with E-state index >= 15 is 0 Å². The second-order valence-electron chi connectivity index (χ2n) is 4.07. The quantitative estimate of drug-likeness (QED) is 0.905. The highest BCUT2D eigenvalue weighted by Crippen LogP contribution is 2.20. The second-order valence-corrected chi connectivity index (χ2v) is 6.13. The lowest BCUT2D eigenvalue weighted by atomic mass is 10.3. The van der Waals surface area contributed by atoms with Crippen molar-refractivity contribution in [2.75, 3.05) is 0 Å². The first-order valence-electron chi connectivity index (χ1n) is 5.55. The number of nitrogens with zero attached hydrogens (tertiary/aromatic N) is 2. The molecular formula is C11H12ClN3O3S. The number of halogens is 1. The summed E-state index contributed by atoms with van der Waals surface area (Å²) in [5.41, 5.74) is 0. The van der Waals surface area contributed by atoms with Crippen LogP contribution < -0.4 is 4.72 Å². The Balaban J connectivity index is 2.21. The summed E-state index contributed by atoms with van der Waals surface area (Å²) in [5.74, 6) is 0. The minimum absolute atomic E-state index is 0.0563. The molecule has 102 valence electrons. The summed E-state index contributed by atoms with van der Waals surface area (Å²) in [5, 5.41) is 4.96. The van der Waals surface area contributed by atoms with Gasteiger partial charge in [-0.3, -0.25) is 0 Å². The average Bonchev–Trinajstić information content (AvgIpc) is 2.75. The predicted octanol–water partition coefficient (Wildman–Crippen LogP) is 1.82. The lowest BCUT2D eigenvalue weighted by Crippen LogP contribution is -2.42. The first-order valence-corrected chi connectivity index (χ1v) is 7.41. The molecule has 8 heteroatoms. The molecule has 1 atom stereocenters. The number of carbonyl (C=O) groups excluding carboxylic acids is 1. The third kappa shape index (κ3) is 2.87. The molecule has 6 nitrogen and oxygen atoms in total. The van der Waals surface area contributed by atoms with Gasteiger partial charge in [0.25, 0.3) is 10.0 Å². The Kier molecular flexibility index (Phi) is 3.77. The van der Waals surface area contributed by atoms with Gasteiger partial charge in [-0.1, -0.05) is 23.7 Å². The summed E-state index contributed by atoms with van der Waals surface area (Å²) in [6.45, 7) is 1.77. The van der Waals surface area contributed by atoms with Gasteiger partial charge in [0.2, 0.25) is 0 Å². The fourth-order valence-electron chi connectivity index (χ4n) is 1.63. The molecule has 2 rings (SSSR count). The number of rotatable bonds is 2. The molecule has 1 aromatic rings. The molecule has 19 heavy (non-hydrogen) atoms. The van der Waals surface area contributed by atoms with E-state index in [1.54, 1.807) is 19.2 Å². The molecule has 1 aliphatic rings. The number of hydrogen-bond acceptors (Lipinski definition) is 4. The van der Waals surface area contributed by atoms with Crippen LogP contribution >= 0.6 is 11.6 Å². The zero-order valence-corrected chi connectivity index (χ0v) is 11.6. The SMILES string of the molecule is CC1CC=NN1C(=O)NS(=O)(=O)c1ccccc1Cl. The molecule has 0 saturated carbocycles. The minimum atomic E-state index is -4.00. The van der Waals surface area contributed by atoms with Crippen molar-refractivity contribution in [2.45, 2.75) is 24.3 Å². The number of nitrogens with one attached hydrogen (secondary N) is 1. The lowest BCUT2D eigenvalue weighted by molar-refractivity contribution is 0.196. The van der Waals surface area contributed by atoms with E-state index in [1.165, 1.54) is 18.2 Å². The van der Waals surface area contributed by atoms with E-state index in [1.807, 2.05) is 4.72 Å². The van der Waals surface area contributed by atoms with Crippen LogP contribution in [0.25, 0.3) is 0 Å². The standard InChI is InChI=1S/C11H12ClN3O3S/c1-8-6-7-13-15(8)11(16)14-19(17,18)10-5-3-2-4-9(10)12/h2-5,7-8H,6H2,1H3,(H,14,16). The van der Waals surface area contributed by atoms with E-state index in [0.29, 0.717) is 6.42 Å². The summed E-state index contributed by atoms with van der Waals surface area (Å²) in [6.07, 6.45) is 2.16. The van der Waals surface area contributed by atoms with Gasteiger partial charge < -0.3 is 0 Å². The van der Waals surface area contributed by atoms with Crippen LogP contribution in [-0.4, -0.2) is 31.7 Å². The molecule has 2 amide bonds. The maximum atomic E-state index is 12.0. The first-order chi connectivity index (χ1) is 8.92. The molecular weight excluding hydrogens is 290 g/mol. The minimum Gasteiger partial charge on any atom is -0.246 e. The van der Waals surface area contributed by atoms with Crippen LogP contribution in [0.15, 0.2) is 34.3 Å². The van der Waals surface area contributed by atoms with E-state index in [-0.39, 0.29) is 16.0 Å². The monoisotopic (exact) mass is 301 g/mol. The van der Waals surface area contributed by atoms with Crippen molar-refractivity contribution in [3.8, 4) is 0 Å². The predicted molar refractivity (Wildman–Crippen MR) is 71.6 cm³/mol. The van der Waals surface area contributed by atoms with Gasteiger partial charge in [-0.25, -0.2) is 22.9 Å². The molecule has 0 radical (unpaired) electrons. The molecule has 0 aromatic heterocycles. The fourth-order valence-corrected chi connectivity index (χ4v) is 3.09. The van der Waals surface area contributed by atoms with Gasteiger partial charge in [0, 0.05) is 12.6 Å². The number of amides is 2. The van der Waals surface area contributed by atoms with Gasteiger partial charge in [-0.05, 0) is 19.1 Å².